The Morgan fingerprint density at radius 2 is 2.00 bits per heavy atom. The molecular weight excluding hydrogens is 272 g/mol. The first-order chi connectivity index (χ1) is 9.75. The largest absolute Gasteiger partial charge is 0.388 e. The van der Waals surface area contributed by atoms with Crippen LogP contribution in [-0.2, 0) is 0 Å². The number of nitrogens with zero attached hydrogens (tertiary/aromatic N) is 1. The number of rotatable bonds is 4. The minimum Gasteiger partial charge on any atom is -0.388 e. The number of carbonyl (C=O) groups excluding carboxylic acids is 1. The van der Waals surface area contributed by atoms with E-state index in [0.29, 0.717) is 35.1 Å². The number of carbonyl (C=O) groups is 1. The fourth-order valence-electron chi connectivity index (χ4n) is 2.90. The van der Waals surface area contributed by atoms with Gasteiger partial charge in [-0.15, -0.1) is 0 Å². The highest BCUT2D eigenvalue weighted by atomic mass is 16.6. The van der Waals surface area contributed by atoms with E-state index in [4.69, 9.17) is 0 Å². The molecule has 1 amide bonds. The molecule has 1 fully saturated rings. The molecule has 2 N–H and O–H groups in total. The first-order valence-corrected chi connectivity index (χ1v) is 7.01. The van der Waals surface area contributed by atoms with E-state index < -0.39 is 10.5 Å². The number of nitro benzene ring substituents is 1. The zero-order valence-corrected chi connectivity index (χ0v) is 12.5. The summed E-state index contributed by atoms with van der Waals surface area (Å²) < 4.78 is 0. The van der Waals surface area contributed by atoms with Gasteiger partial charge in [-0.25, -0.2) is 0 Å². The summed E-state index contributed by atoms with van der Waals surface area (Å²) in [6, 6.07) is 1.65. The van der Waals surface area contributed by atoms with Crippen LogP contribution in [0.1, 0.15) is 46.3 Å². The molecule has 0 aromatic heterocycles. The number of amides is 1. The van der Waals surface area contributed by atoms with Gasteiger partial charge in [-0.1, -0.05) is 0 Å². The van der Waals surface area contributed by atoms with Crippen LogP contribution < -0.4 is 5.32 Å². The minimum absolute atomic E-state index is 0.0203. The number of hydrogen-bond acceptors (Lipinski definition) is 4. The molecule has 0 atom stereocenters. The second-order valence-electron chi connectivity index (χ2n) is 5.88. The van der Waals surface area contributed by atoms with Crippen LogP contribution >= 0.6 is 0 Å². The lowest BCUT2D eigenvalue weighted by Gasteiger charge is -2.36. The maximum atomic E-state index is 12.3. The molecule has 1 aliphatic carbocycles. The van der Waals surface area contributed by atoms with Gasteiger partial charge in [0.2, 0.25) is 0 Å². The molecule has 21 heavy (non-hydrogen) atoms. The zero-order chi connectivity index (χ0) is 15.8. The number of aryl methyl sites for hydroxylation is 2. The van der Waals surface area contributed by atoms with Crippen molar-refractivity contribution in [3.63, 3.8) is 0 Å². The fourth-order valence-corrected chi connectivity index (χ4v) is 2.90. The average molecular weight is 292 g/mol. The number of aliphatic hydroxyl groups is 1. The van der Waals surface area contributed by atoms with E-state index in [2.05, 4.69) is 5.32 Å². The highest BCUT2D eigenvalue weighted by molar-refractivity contribution is 5.98. The number of nitro groups is 1. The Morgan fingerprint density at radius 3 is 2.48 bits per heavy atom. The van der Waals surface area contributed by atoms with Crippen LogP contribution in [0.4, 0.5) is 5.69 Å². The average Bonchev–Trinajstić information content (AvgIpc) is 2.32. The molecule has 0 radical (unpaired) electrons. The number of benzene rings is 1. The van der Waals surface area contributed by atoms with E-state index in [0.717, 1.165) is 6.42 Å². The SMILES string of the molecule is Cc1cc(C)c([N+](=O)[O-])c(C)c1C(=O)NCC1(O)CCC1. The van der Waals surface area contributed by atoms with E-state index in [9.17, 15) is 20.0 Å². The molecule has 114 valence electrons. The fraction of sp³-hybridized carbons (Fsp3) is 0.533. The lowest BCUT2D eigenvalue weighted by Crippen LogP contribution is -2.48. The predicted octanol–water partition coefficient (Wildman–Crippen LogP) is 2.16. The second kappa shape index (κ2) is 5.44. The van der Waals surface area contributed by atoms with Crippen LogP contribution in [0.2, 0.25) is 0 Å². The van der Waals surface area contributed by atoms with Gasteiger partial charge in [0.15, 0.2) is 0 Å². The molecule has 0 spiro atoms. The molecule has 2 rings (SSSR count). The lowest BCUT2D eigenvalue weighted by atomic mass is 9.80. The molecule has 0 aliphatic heterocycles. The van der Waals surface area contributed by atoms with Gasteiger partial charge in [-0.3, -0.25) is 14.9 Å². The first-order valence-electron chi connectivity index (χ1n) is 7.01. The van der Waals surface area contributed by atoms with Gasteiger partial charge >= 0.3 is 0 Å². The summed E-state index contributed by atoms with van der Waals surface area (Å²) in [5, 5.41) is 23.8. The van der Waals surface area contributed by atoms with Crippen LogP contribution in [-0.4, -0.2) is 28.1 Å². The summed E-state index contributed by atoms with van der Waals surface area (Å²) in [5.41, 5.74) is 1.12. The number of hydrogen-bond donors (Lipinski definition) is 2. The summed E-state index contributed by atoms with van der Waals surface area (Å²) in [7, 11) is 0. The van der Waals surface area contributed by atoms with E-state index >= 15 is 0 Å². The third-order valence-electron chi connectivity index (χ3n) is 4.20. The lowest BCUT2D eigenvalue weighted by molar-refractivity contribution is -0.386. The van der Waals surface area contributed by atoms with Gasteiger partial charge in [0, 0.05) is 17.7 Å². The molecule has 0 heterocycles. The Bertz CT molecular complexity index is 606. The third kappa shape index (κ3) is 2.90. The topological polar surface area (TPSA) is 92.5 Å². The van der Waals surface area contributed by atoms with E-state index in [1.165, 1.54) is 0 Å². The zero-order valence-electron chi connectivity index (χ0n) is 12.5. The van der Waals surface area contributed by atoms with Crippen LogP contribution in [0, 0.1) is 30.9 Å². The Kier molecular flexibility index (Phi) is 4.00. The van der Waals surface area contributed by atoms with Crippen molar-refractivity contribution in [1.82, 2.24) is 5.32 Å². The van der Waals surface area contributed by atoms with Gasteiger partial charge in [0.05, 0.1) is 16.1 Å². The van der Waals surface area contributed by atoms with Crippen LogP contribution in [0.5, 0.6) is 0 Å². The monoisotopic (exact) mass is 292 g/mol. The smallest absolute Gasteiger partial charge is 0.275 e. The normalized spacial score (nSPS) is 16.2. The molecule has 0 bridgehead atoms. The van der Waals surface area contributed by atoms with Gasteiger partial charge in [0.1, 0.15) is 0 Å². The molecule has 0 saturated heterocycles. The maximum Gasteiger partial charge on any atom is 0.275 e. The van der Waals surface area contributed by atoms with Crippen LogP contribution in [0.25, 0.3) is 0 Å². The summed E-state index contributed by atoms with van der Waals surface area (Å²) in [4.78, 5) is 23.0. The van der Waals surface area contributed by atoms with Crippen molar-refractivity contribution in [2.45, 2.75) is 45.6 Å². The second-order valence-corrected chi connectivity index (χ2v) is 5.88. The standard InChI is InChI=1S/C15H20N2O4/c1-9-7-10(2)13(17(20)21)11(3)12(9)14(18)16-8-15(19)5-4-6-15/h7,19H,4-6,8H2,1-3H3,(H,16,18). The van der Waals surface area contributed by atoms with E-state index in [-0.39, 0.29) is 18.1 Å². The van der Waals surface area contributed by atoms with Crippen molar-refractivity contribution in [3.05, 3.63) is 38.4 Å². The van der Waals surface area contributed by atoms with Gasteiger partial charge in [-0.05, 0) is 51.7 Å². The quantitative estimate of drug-likeness (QED) is 0.657. The predicted molar refractivity (Wildman–Crippen MR) is 78.4 cm³/mol. The summed E-state index contributed by atoms with van der Waals surface area (Å²) in [6.07, 6.45) is 2.32. The molecule has 1 aromatic rings. The van der Waals surface area contributed by atoms with E-state index in [1.807, 2.05) is 0 Å². The molecule has 6 heteroatoms. The summed E-state index contributed by atoms with van der Waals surface area (Å²) in [6.45, 7) is 5.20. The molecular formula is C15H20N2O4. The van der Waals surface area contributed by atoms with Crippen molar-refractivity contribution in [3.8, 4) is 0 Å². The maximum absolute atomic E-state index is 12.3. The van der Waals surface area contributed by atoms with Crippen molar-refractivity contribution in [1.29, 1.82) is 0 Å². The van der Waals surface area contributed by atoms with Gasteiger partial charge in [-0.2, -0.15) is 0 Å². The Hall–Kier alpha value is -1.95. The molecule has 6 nitrogen and oxygen atoms in total. The summed E-state index contributed by atoms with van der Waals surface area (Å²) in [5.74, 6) is -0.367. The van der Waals surface area contributed by atoms with Crippen molar-refractivity contribution < 1.29 is 14.8 Å². The Balaban J connectivity index is 2.28. The van der Waals surface area contributed by atoms with Crippen molar-refractivity contribution in [2.24, 2.45) is 0 Å². The van der Waals surface area contributed by atoms with Gasteiger partial charge in [0.25, 0.3) is 11.6 Å². The van der Waals surface area contributed by atoms with Crippen LogP contribution in [0.3, 0.4) is 0 Å². The van der Waals surface area contributed by atoms with Crippen LogP contribution in [0.15, 0.2) is 6.07 Å². The summed E-state index contributed by atoms with van der Waals surface area (Å²) >= 11 is 0. The molecule has 1 aliphatic rings. The van der Waals surface area contributed by atoms with Gasteiger partial charge < -0.3 is 10.4 Å². The molecule has 1 aromatic carbocycles. The number of nitrogens with one attached hydrogen (secondary N) is 1. The first kappa shape index (κ1) is 15.4. The molecule has 1 saturated carbocycles. The Labute approximate surface area is 123 Å². The highest BCUT2D eigenvalue weighted by Crippen LogP contribution is 2.31. The minimum atomic E-state index is -0.811. The highest BCUT2D eigenvalue weighted by Gasteiger charge is 2.35. The molecule has 0 unspecified atom stereocenters. The Morgan fingerprint density at radius 1 is 1.38 bits per heavy atom. The van der Waals surface area contributed by atoms with Crippen molar-refractivity contribution in [2.75, 3.05) is 6.54 Å². The third-order valence-corrected chi connectivity index (χ3v) is 4.20. The van der Waals surface area contributed by atoms with E-state index in [1.54, 1.807) is 26.8 Å². The van der Waals surface area contributed by atoms with Crippen molar-refractivity contribution >= 4 is 11.6 Å².